The summed E-state index contributed by atoms with van der Waals surface area (Å²) in [6.45, 7) is 3.79. The summed E-state index contributed by atoms with van der Waals surface area (Å²) in [7, 11) is -6.40. The lowest BCUT2D eigenvalue weighted by Crippen LogP contribution is -1.86. The first-order valence-corrected chi connectivity index (χ1v) is 6.61. The lowest BCUT2D eigenvalue weighted by Gasteiger charge is -1.96. The van der Waals surface area contributed by atoms with Crippen LogP contribution in [-0.2, 0) is 13.4 Å². The fraction of sp³-hybridized carbons (Fsp3) is 0.667. The molecule has 2 atom stereocenters. The molecule has 15 heavy (non-hydrogen) atoms. The third kappa shape index (κ3) is 13.7. The van der Waals surface area contributed by atoms with Crippen LogP contribution < -0.4 is 0 Å². The maximum Gasteiger partial charge on any atom is 0.323 e. The van der Waals surface area contributed by atoms with Crippen LogP contribution in [0.4, 0.5) is 0 Å². The van der Waals surface area contributed by atoms with Crippen molar-refractivity contribution < 1.29 is 33.4 Å². The zero-order valence-electron chi connectivity index (χ0n) is 8.43. The van der Waals surface area contributed by atoms with E-state index in [2.05, 4.69) is 4.31 Å². The summed E-state index contributed by atoms with van der Waals surface area (Å²) in [6, 6.07) is 0. The Labute approximate surface area is 88.9 Å². The van der Waals surface area contributed by atoms with Crippen molar-refractivity contribution in [1.29, 1.82) is 0 Å². The second-order valence-corrected chi connectivity index (χ2v) is 4.15. The summed E-state index contributed by atoms with van der Waals surface area (Å²) in [4.78, 5) is 15.4. The van der Waals surface area contributed by atoms with Crippen molar-refractivity contribution in [2.45, 2.75) is 26.7 Å². The van der Waals surface area contributed by atoms with Crippen LogP contribution in [0.2, 0.25) is 0 Å². The van der Waals surface area contributed by atoms with Crippen molar-refractivity contribution in [3.05, 3.63) is 11.5 Å². The van der Waals surface area contributed by atoms with Gasteiger partial charge in [0.05, 0.1) is 0 Å². The van der Waals surface area contributed by atoms with Crippen molar-refractivity contribution in [2.24, 2.45) is 0 Å². The monoisotopic (exact) mass is 262 g/mol. The molecule has 0 fully saturated rings. The topological polar surface area (TPSA) is 124 Å². The second-order valence-electron chi connectivity index (χ2n) is 2.27. The van der Waals surface area contributed by atoms with Gasteiger partial charge in [-0.25, -0.2) is 4.31 Å². The molecule has 0 aliphatic heterocycles. The number of hydrogen-bond donors (Lipinski definition) is 4. The minimum atomic E-state index is -3.20. The van der Waals surface area contributed by atoms with Gasteiger partial charge in [-0.15, -0.1) is 0 Å². The Bertz CT molecular complexity index is 228. The molecule has 0 aromatic carbocycles. The van der Waals surface area contributed by atoms with Gasteiger partial charge < -0.3 is 20.0 Å². The van der Waals surface area contributed by atoms with Crippen molar-refractivity contribution in [1.82, 2.24) is 0 Å². The molecule has 7 nitrogen and oxygen atoms in total. The van der Waals surface area contributed by atoms with E-state index in [1.165, 1.54) is 0 Å². The summed E-state index contributed by atoms with van der Waals surface area (Å²) in [5, 5.41) is 16.9. The summed E-state index contributed by atoms with van der Waals surface area (Å²) in [6.07, 6.45) is 1.44. The summed E-state index contributed by atoms with van der Waals surface area (Å²) in [5.41, 5.74) is 0.713. The van der Waals surface area contributed by atoms with E-state index in [1.54, 1.807) is 0 Å². The van der Waals surface area contributed by atoms with E-state index in [1.807, 2.05) is 13.8 Å². The molecule has 0 saturated heterocycles. The average molecular weight is 262 g/mol. The van der Waals surface area contributed by atoms with E-state index in [-0.39, 0.29) is 0 Å². The summed E-state index contributed by atoms with van der Waals surface area (Å²) >= 11 is 0. The highest BCUT2D eigenvalue weighted by atomic mass is 31.2. The van der Waals surface area contributed by atoms with E-state index in [4.69, 9.17) is 20.0 Å². The molecular formula is C6H16O7P2. The predicted molar refractivity (Wildman–Crippen MR) is 56.4 cm³/mol. The first kappa shape index (κ1) is 17.1. The van der Waals surface area contributed by atoms with Crippen LogP contribution in [0.5, 0.6) is 0 Å². The Morgan fingerprint density at radius 2 is 1.40 bits per heavy atom. The van der Waals surface area contributed by atoms with Gasteiger partial charge in [-0.05, 0) is 12.8 Å². The molecular weight excluding hydrogens is 246 g/mol. The highest BCUT2D eigenvalue weighted by Gasteiger charge is 1.95. The number of aliphatic hydroxyl groups excluding tert-OH is 1. The van der Waals surface area contributed by atoms with Gasteiger partial charge in [0, 0.05) is 5.57 Å². The van der Waals surface area contributed by atoms with Gasteiger partial charge in [-0.1, -0.05) is 13.8 Å². The van der Waals surface area contributed by atoms with Gasteiger partial charge in [-0.2, -0.15) is 0 Å². The fourth-order valence-corrected chi connectivity index (χ4v) is 1.24. The Hall–Kier alpha value is -0.320. The van der Waals surface area contributed by atoms with Crippen LogP contribution in [-0.4, -0.2) is 20.0 Å². The van der Waals surface area contributed by atoms with Crippen molar-refractivity contribution in [2.75, 3.05) is 0 Å². The van der Waals surface area contributed by atoms with E-state index < -0.39 is 22.5 Å². The minimum absolute atomic E-state index is 0.505. The third-order valence-electron chi connectivity index (χ3n) is 1.34. The van der Waals surface area contributed by atoms with Gasteiger partial charge in [0.15, 0.2) is 0 Å². The highest BCUT2D eigenvalue weighted by molar-refractivity contribution is 7.46. The largest absolute Gasteiger partial charge is 0.481 e. The summed E-state index contributed by atoms with van der Waals surface area (Å²) in [5.74, 6) is -0.505. The van der Waals surface area contributed by atoms with Crippen LogP contribution in [0.3, 0.4) is 0 Å². The third-order valence-corrected chi connectivity index (χ3v) is 2.74. The highest BCUT2D eigenvalue weighted by Crippen LogP contribution is 2.30. The molecule has 0 aromatic heterocycles. The second kappa shape index (κ2) is 10.2. The van der Waals surface area contributed by atoms with Gasteiger partial charge in [0.1, 0.15) is 0 Å². The number of aliphatic hydroxyl groups is 2. The van der Waals surface area contributed by atoms with Gasteiger partial charge >= 0.3 is 16.5 Å². The van der Waals surface area contributed by atoms with Crippen LogP contribution in [0.15, 0.2) is 11.5 Å². The summed E-state index contributed by atoms with van der Waals surface area (Å²) < 4.78 is 22.3. The Kier molecular flexibility index (Phi) is 11.6. The standard InChI is InChI=1S/C6H12O2.H4O5P2/c1-3-5(4-2)6(7)8;1-6(2)5-7(3)4/h7-8H,3-4H2,1-2H3;6-7H,(H,1,2)(H,3,4). The van der Waals surface area contributed by atoms with Gasteiger partial charge in [-0.3, -0.25) is 9.13 Å². The molecule has 0 aromatic rings. The SMILES string of the molecule is CCC(CC)=C(O)O.O=[PH](O)O[PH](=O)O. The predicted octanol–water partition coefficient (Wildman–Crippen LogP) is 1.90. The molecule has 4 N–H and O–H groups in total. The van der Waals surface area contributed by atoms with Crippen molar-refractivity contribution in [3.63, 3.8) is 0 Å². The zero-order valence-corrected chi connectivity index (χ0v) is 10.4. The maximum absolute atomic E-state index is 9.44. The van der Waals surface area contributed by atoms with E-state index in [0.717, 1.165) is 12.8 Å². The first-order valence-electron chi connectivity index (χ1n) is 4.08. The fourth-order valence-electron chi connectivity index (χ4n) is 0.641. The van der Waals surface area contributed by atoms with E-state index in [9.17, 15) is 9.13 Å². The molecule has 0 radical (unpaired) electrons. The molecule has 0 saturated carbocycles. The molecule has 0 amide bonds. The molecule has 92 valence electrons. The Morgan fingerprint density at radius 1 is 1.07 bits per heavy atom. The molecule has 9 heteroatoms. The minimum Gasteiger partial charge on any atom is -0.481 e. The number of allylic oxidation sites excluding steroid dienone is 1. The van der Waals surface area contributed by atoms with Crippen molar-refractivity contribution in [3.8, 4) is 0 Å². The Balaban J connectivity index is 0. The molecule has 0 heterocycles. The van der Waals surface area contributed by atoms with Crippen molar-refractivity contribution >= 4 is 16.5 Å². The van der Waals surface area contributed by atoms with Gasteiger partial charge in [0.25, 0.3) is 5.95 Å². The number of rotatable bonds is 4. The normalized spacial score (nSPS) is 13.3. The van der Waals surface area contributed by atoms with E-state index >= 15 is 0 Å². The molecule has 0 aliphatic rings. The Morgan fingerprint density at radius 3 is 1.40 bits per heavy atom. The molecule has 0 bridgehead atoms. The molecule has 0 rings (SSSR count). The van der Waals surface area contributed by atoms with Crippen LogP contribution in [0.25, 0.3) is 0 Å². The maximum atomic E-state index is 9.44. The lowest BCUT2D eigenvalue weighted by atomic mass is 10.2. The average Bonchev–Trinajstić information content (AvgIpc) is 2.03. The molecule has 0 spiro atoms. The molecule has 0 aliphatic carbocycles. The molecule has 2 unspecified atom stereocenters. The van der Waals surface area contributed by atoms with Crippen LogP contribution >= 0.6 is 16.5 Å². The zero-order chi connectivity index (χ0) is 12.4. The quantitative estimate of drug-likeness (QED) is 0.450. The van der Waals surface area contributed by atoms with E-state index in [0.29, 0.717) is 5.57 Å². The first-order chi connectivity index (χ1) is 6.84. The smallest absolute Gasteiger partial charge is 0.323 e. The lowest BCUT2D eigenvalue weighted by molar-refractivity contribution is 0.182. The van der Waals surface area contributed by atoms with Gasteiger partial charge in [0.2, 0.25) is 0 Å². The van der Waals surface area contributed by atoms with Crippen LogP contribution in [0.1, 0.15) is 26.7 Å². The van der Waals surface area contributed by atoms with Crippen LogP contribution in [0, 0.1) is 0 Å². The number of hydrogen-bond acceptors (Lipinski definition) is 5.